The van der Waals surface area contributed by atoms with E-state index in [1.54, 1.807) is 13.2 Å². The van der Waals surface area contributed by atoms with Gasteiger partial charge < -0.3 is 18.6 Å². The van der Waals surface area contributed by atoms with Crippen molar-refractivity contribution in [3.63, 3.8) is 0 Å². The van der Waals surface area contributed by atoms with Crippen LogP contribution in [0.3, 0.4) is 0 Å². The average molecular weight is 476 g/mol. The topological polar surface area (TPSA) is 58.3 Å². The van der Waals surface area contributed by atoms with Crippen LogP contribution in [0, 0.1) is 6.92 Å². The van der Waals surface area contributed by atoms with Crippen LogP contribution in [-0.2, 0) is 22.6 Å². The van der Waals surface area contributed by atoms with E-state index >= 15 is 0 Å². The van der Waals surface area contributed by atoms with Gasteiger partial charge in [0.15, 0.2) is 0 Å². The normalized spacial score (nSPS) is 11.7. The molecule has 0 atom stereocenters. The summed E-state index contributed by atoms with van der Waals surface area (Å²) in [5, 5.41) is 3.00. The summed E-state index contributed by atoms with van der Waals surface area (Å²) < 4.78 is 14.7. The molecule has 0 aliphatic heterocycles. The molecule has 2 heterocycles. The van der Waals surface area contributed by atoms with Gasteiger partial charge >= 0.3 is 5.97 Å². The lowest BCUT2D eigenvalue weighted by Crippen LogP contribution is -2.07. The minimum absolute atomic E-state index is 0.363. The minimum Gasteiger partial charge on any atom is -0.465 e. The number of esters is 1. The Morgan fingerprint density at radius 3 is 2.56 bits per heavy atom. The highest BCUT2D eigenvalue weighted by Crippen LogP contribution is 2.36. The van der Waals surface area contributed by atoms with E-state index in [4.69, 9.17) is 26.1 Å². The van der Waals surface area contributed by atoms with Crippen molar-refractivity contribution in [2.75, 3.05) is 20.8 Å². The van der Waals surface area contributed by atoms with E-state index in [0.717, 1.165) is 61.4 Å². The first kappa shape index (κ1) is 22.4. The van der Waals surface area contributed by atoms with Crippen molar-refractivity contribution in [2.45, 2.75) is 26.9 Å². The Labute approximate surface area is 202 Å². The third kappa shape index (κ3) is 3.37. The van der Waals surface area contributed by atoms with Gasteiger partial charge in [-0.25, -0.2) is 9.78 Å². The third-order valence-electron chi connectivity index (χ3n) is 6.51. The number of nitrogens with zero attached hydrogens (tertiary/aromatic N) is 3. The summed E-state index contributed by atoms with van der Waals surface area (Å²) in [6.07, 6.45) is 0. The van der Waals surface area contributed by atoms with Crippen LogP contribution in [0.5, 0.6) is 0 Å². The molecule has 0 fully saturated rings. The van der Waals surface area contributed by atoms with Crippen molar-refractivity contribution in [1.29, 1.82) is 0 Å². The second-order valence-corrected chi connectivity index (χ2v) is 8.70. The quantitative estimate of drug-likeness (QED) is 0.273. The lowest BCUT2D eigenvalue weighted by Gasteiger charge is -2.10. The van der Waals surface area contributed by atoms with Gasteiger partial charge in [0, 0.05) is 42.1 Å². The molecule has 0 bridgehead atoms. The molecule has 34 heavy (non-hydrogen) atoms. The molecule has 6 nitrogen and oxygen atoms in total. The van der Waals surface area contributed by atoms with E-state index in [1.807, 2.05) is 25.1 Å². The summed E-state index contributed by atoms with van der Waals surface area (Å²) in [5.74, 6) is 0.469. The molecular weight excluding hydrogens is 450 g/mol. The van der Waals surface area contributed by atoms with Gasteiger partial charge in [0.25, 0.3) is 0 Å². The number of carbonyl (C=O) groups excluding carboxylic acids is 1. The zero-order valence-electron chi connectivity index (χ0n) is 19.7. The lowest BCUT2D eigenvalue weighted by atomic mass is 10.1. The number of aromatic nitrogens is 3. The van der Waals surface area contributed by atoms with Crippen LogP contribution in [0.25, 0.3) is 44.2 Å². The number of rotatable bonds is 6. The van der Waals surface area contributed by atoms with Crippen molar-refractivity contribution in [3.05, 3.63) is 64.7 Å². The van der Waals surface area contributed by atoms with Gasteiger partial charge in [-0.1, -0.05) is 23.7 Å². The number of ether oxygens (including phenoxy) is 2. The highest BCUT2D eigenvalue weighted by Gasteiger charge is 2.20. The molecule has 5 rings (SSSR count). The number of hydrogen-bond donors (Lipinski definition) is 0. The van der Waals surface area contributed by atoms with Crippen molar-refractivity contribution in [3.8, 4) is 11.4 Å². The molecule has 0 aliphatic carbocycles. The molecule has 0 aliphatic rings. The van der Waals surface area contributed by atoms with Crippen LogP contribution in [0.1, 0.15) is 22.8 Å². The fourth-order valence-electron chi connectivity index (χ4n) is 4.87. The Morgan fingerprint density at radius 1 is 1.03 bits per heavy atom. The van der Waals surface area contributed by atoms with Crippen LogP contribution < -0.4 is 0 Å². The second-order valence-electron chi connectivity index (χ2n) is 8.29. The molecule has 2 aromatic heterocycles. The highest BCUT2D eigenvalue weighted by molar-refractivity contribution is 6.36. The number of para-hydroxylation sites is 1. The van der Waals surface area contributed by atoms with Crippen molar-refractivity contribution in [1.82, 2.24) is 14.1 Å². The number of fused-ring (bicyclic) bond motifs is 4. The molecule has 0 saturated carbocycles. The molecule has 7 heteroatoms. The van der Waals surface area contributed by atoms with Gasteiger partial charge in [-0.3, -0.25) is 0 Å². The van der Waals surface area contributed by atoms with Crippen molar-refractivity contribution >= 4 is 50.4 Å². The molecule has 0 spiro atoms. The van der Waals surface area contributed by atoms with Crippen LogP contribution >= 0.6 is 11.6 Å². The lowest BCUT2D eigenvalue weighted by molar-refractivity contribution is 0.0600. The van der Waals surface area contributed by atoms with E-state index in [1.165, 1.54) is 7.11 Å². The van der Waals surface area contributed by atoms with E-state index < -0.39 is 0 Å². The summed E-state index contributed by atoms with van der Waals surface area (Å²) in [6, 6.07) is 16.2. The first-order valence-electron chi connectivity index (χ1n) is 11.3. The first-order chi connectivity index (χ1) is 16.5. The minimum atomic E-state index is -0.363. The monoisotopic (exact) mass is 475 g/mol. The van der Waals surface area contributed by atoms with Crippen LogP contribution in [0.4, 0.5) is 0 Å². The van der Waals surface area contributed by atoms with E-state index in [9.17, 15) is 4.79 Å². The predicted octanol–water partition coefficient (Wildman–Crippen LogP) is 6.23. The molecule has 0 N–H and O–H groups in total. The van der Waals surface area contributed by atoms with Gasteiger partial charge in [-0.05, 0) is 55.8 Å². The van der Waals surface area contributed by atoms with E-state index in [2.05, 4.69) is 40.3 Å². The van der Waals surface area contributed by atoms with Gasteiger partial charge in [0.05, 0.1) is 40.9 Å². The number of hydrogen-bond acceptors (Lipinski definition) is 4. The third-order valence-corrected chi connectivity index (χ3v) is 6.81. The Kier molecular flexibility index (Phi) is 5.80. The highest BCUT2D eigenvalue weighted by atomic mass is 35.5. The largest absolute Gasteiger partial charge is 0.465 e. The SMILES string of the molecule is CCn1c2ccc(-c3nc4c(C)c(C(=O)OC)ccc4n3CCOC)cc2c2cccc(Cl)c21. The van der Waals surface area contributed by atoms with E-state index in [0.29, 0.717) is 18.7 Å². The number of carbonyl (C=O) groups is 1. The van der Waals surface area contributed by atoms with Gasteiger partial charge in [-0.2, -0.15) is 0 Å². The van der Waals surface area contributed by atoms with Crippen molar-refractivity contribution in [2.24, 2.45) is 0 Å². The van der Waals surface area contributed by atoms with Crippen molar-refractivity contribution < 1.29 is 14.3 Å². The number of aryl methyl sites for hydroxylation is 2. The smallest absolute Gasteiger partial charge is 0.338 e. The Balaban J connectivity index is 1.78. The van der Waals surface area contributed by atoms with Gasteiger partial charge in [-0.15, -0.1) is 0 Å². The molecule has 3 aromatic carbocycles. The summed E-state index contributed by atoms with van der Waals surface area (Å²) in [7, 11) is 3.08. The van der Waals surface area contributed by atoms with Gasteiger partial charge in [0.2, 0.25) is 0 Å². The summed E-state index contributed by atoms with van der Waals surface area (Å²) in [5.41, 5.74) is 6.24. The van der Waals surface area contributed by atoms with E-state index in [-0.39, 0.29) is 5.97 Å². The molecule has 5 aromatic rings. The molecule has 0 saturated heterocycles. The molecule has 0 unspecified atom stereocenters. The first-order valence-corrected chi connectivity index (χ1v) is 11.7. The fourth-order valence-corrected chi connectivity index (χ4v) is 5.14. The Bertz CT molecular complexity index is 1560. The zero-order valence-corrected chi connectivity index (χ0v) is 20.4. The number of methoxy groups -OCH3 is 2. The standard InChI is InChI=1S/C27H26ClN3O3/c1-5-30-22-11-9-17(15-20(22)19-7-6-8-21(28)25(19)30)26-29-24-16(2)18(27(32)34-4)10-12-23(24)31(26)13-14-33-3/h6-12,15H,5,13-14H2,1-4H3. The zero-order chi connectivity index (χ0) is 24.0. The predicted molar refractivity (Wildman–Crippen MR) is 137 cm³/mol. The molecule has 0 amide bonds. The maximum atomic E-state index is 12.3. The average Bonchev–Trinajstić information content (AvgIpc) is 3.39. The molecular formula is C27H26ClN3O3. The number of halogens is 1. The fraction of sp³-hybridized carbons (Fsp3) is 0.259. The number of benzene rings is 3. The maximum Gasteiger partial charge on any atom is 0.338 e. The van der Waals surface area contributed by atoms with Crippen LogP contribution in [-0.4, -0.2) is 40.9 Å². The summed E-state index contributed by atoms with van der Waals surface area (Å²) >= 11 is 6.59. The van der Waals surface area contributed by atoms with Crippen LogP contribution in [0.2, 0.25) is 5.02 Å². The summed E-state index contributed by atoms with van der Waals surface area (Å²) in [6.45, 7) is 6.04. The van der Waals surface area contributed by atoms with Crippen LogP contribution in [0.15, 0.2) is 48.5 Å². The molecule has 0 radical (unpaired) electrons. The molecule has 174 valence electrons. The number of imidazole rings is 1. The van der Waals surface area contributed by atoms with Gasteiger partial charge in [0.1, 0.15) is 5.82 Å². The summed E-state index contributed by atoms with van der Waals surface area (Å²) in [4.78, 5) is 17.3. The maximum absolute atomic E-state index is 12.3. The second kappa shape index (κ2) is 8.78. The Hall–Kier alpha value is -3.35. The Morgan fingerprint density at radius 2 is 1.82 bits per heavy atom.